The number of nitrogens with one attached hydrogen (secondary N) is 1. The number of rotatable bonds is 5. The molecule has 1 fully saturated rings. The highest BCUT2D eigenvalue weighted by molar-refractivity contribution is 5.40. The van der Waals surface area contributed by atoms with Gasteiger partial charge in [-0.3, -0.25) is 4.98 Å². The Hall–Kier alpha value is -1.09. The number of aromatic nitrogens is 1. The van der Waals surface area contributed by atoms with Crippen LogP contribution < -0.4 is 10.1 Å². The van der Waals surface area contributed by atoms with E-state index in [-0.39, 0.29) is 0 Å². The minimum Gasteiger partial charge on any atom is -0.496 e. The van der Waals surface area contributed by atoms with Gasteiger partial charge in [0, 0.05) is 29.9 Å². The van der Waals surface area contributed by atoms with Crippen LogP contribution in [0, 0.1) is 19.8 Å². The minimum atomic E-state index is 0.580. The van der Waals surface area contributed by atoms with Crippen molar-refractivity contribution >= 4 is 0 Å². The summed E-state index contributed by atoms with van der Waals surface area (Å²) < 4.78 is 5.46. The Morgan fingerprint density at radius 2 is 2.05 bits per heavy atom. The van der Waals surface area contributed by atoms with E-state index in [0.29, 0.717) is 6.04 Å². The van der Waals surface area contributed by atoms with E-state index in [9.17, 15) is 0 Å². The molecule has 1 aliphatic carbocycles. The Morgan fingerprint density at radius 1 is 1.37 bits per heavy atom. The fourth-order valence-corrected chi connectivity index (χ4v) is 3.13. The first-order chi connectivity index (χ1) is 9.13. The first kappa shape index (κ1) is 14.3. The van der Waals surface area contributed by atoms with E-state index in [1.165, 1.54) is 25.7 Å². The van der Waals surface area contributed by atoms with Crippen LogP contribution >= 0.6 is 0 Å². The molecule has 0 bridgehead atoms. The van der Waals surface area contributed by atoms with Gasteiger partial charge in [-0.25, -0.2) is 0 Å². The van der Waals surface area contributed by atoms with E-state index >= 15 is 0 Å². The number of pyridine rings is 1. The third-order valence-electron chi connectivity index (χ3n) is 4.45. The third kappa shape index (κ3) is 3.27. The van der Waals surface area contributed by atoms with Gasteiger partial charge < -0.3 is 10.1 Å². The van der Waals surface area contributed by atoms with Gasteiger partial charge in [-0.2, -0.15) is 0 Å². The number of nitrogens with zero attached hydrogens (tertiary/aromatic N) is 1. The zero-order valence-electron chi connectivity index (χ0n) is 12.6. The largest absolute Gasteiger partial charge is 0.496 e. The van der Waals surface area contributed by atoms with Crippen molar-refractivity contribution in [1.29, 1.82) is 0 Å². The average molecular weight is 262 g/mol. The van der Waals surface area contributed by atoms with Crippen LogP contribution in [-0.2, 0) is 6.54 Å². The molecule has 0 spiro atoms. The quantitative estimate of drug-likeness (QED) is 0.883. The number of ether oxygens (including phenoxy) is 1. The molecule has 2 rings (SSSR count). The Balaban J connectivity index is 1.99. The molecule has 1 N–H and O–H groups in total. The van der Waals surface area contributed by atoms with Crippen molar-refractivity contribution in [2.24, 2.45) is 5.92 Å². The number of hydrogen-bond donors (Lipinski definition) is 1. The van der Waals surface area contributed by atoms with Crippen molar-refractivity contribution < 1.29 is 4.74 Å². The number of methoxy groups -OCH3 is 1. The van der Waals surface area contributed by atoms with Crippen molar-refractivity contribution in [3.63, 3.8) is 0 Å². The molecule has 0 aliphatic heterocycles. The van der Waals surface area contributed by atoms with Gasteiger partial charge in [0.1, 0.15) is 5.75 Å². The molecule has 106 valence electrons. The minimum absolute atomic E-state index is 0.580. The third-order valence-corrected chi connectivity index (χ3v) is 4.45. The summed E-state index contributed by atoms with van der Waals surface area (Å²) in [6.07, 6.45) is 7.44. The summed E-state index contributed by atoms with van der Waals surface area (Å²) >= 11 is 0. The van der Waals surface area contributed by atoms with Gasteiger partial charge in [0.25, 0.3) is 0 Å². The molecule has 1 saturated carbocycles. The number of hydrogen-bond acceptors (Lipinski definition) is 3. The predicted molar refractivity (Wildman–Crippen MR) is 78.5 cm³/mol. The van der Waals surface area contributed by atoms with Crippen LogP contribution in [0.1, 0.15) is 49.4 Å². The molecule has 19 heavy (non-hydrogen) atoms. The van der Waals surface area contributed by atoms with Crippen LogP contribution in [0.15, 0.2) is 6.20 Å². The zero-order chi connectivity index (χ0) is 13.8. The lowest BCUT2D eigenvalue weighted by Gasteiger charge is -2.21. The van der Waals surface area contributed by atoms with Gasteiger partial charge in [0.2, 0.25) is 0 Å². The van der Waals surface area contributed by atoms with Crippen molar-refractivity contribution in [3.05, 3.63) is 23.0 Å². The standard InChI is InChI=1S/C16H26N2O/c1-11-9-18-15(12(2)16(11)19-4)10-17-13(3)14-7-5-6-8-14/h9,13-14,17H,5-8,10H2,1-4H3. The van der Waals surface area contributed by atoms with Crippen molar-refractivity contribution in [2.45, 2.75) is 59.0 Å². The van der Waals surface area contributed by atoms with E-state index in [1.807, 2.05) is 13.1 Å². The molecule has 0 aromatic carbocycles. The summed E-state index contributed by atoms with van der Waals surface area (Å²) in [7, 11) is 1.73. The second kappa shape index (κ2) is 6.38. The van der Waals surface area contributed by atoms with Crippen LogP contribution in [0.4, 0.5) is 0 Å². The van der Waals surface area contributed by atoms with Crippen LogP contribution in [-0.4, -0.2) is 18.1 Å². The molecule has 1 unspecified atom stereocenters. The lowest BCUT2D eigenvalue weighted by atomic mass is 9.99. The van der Waals surface area contributed by atoms with Crippen molar-refractivity contribution in [2.75, 3.05) is 7.11 Å². The molecular formula is C16H26N2O. The molecule has 1 aromatic heterocycles. The van der Waals surface area contributed by atoms with Crippen LogP contribution in [0.3, 0.4) is 0 Å². The van der Waals surface area contributed by atoms with Crippen molar-refractivity contribution in [3.8, 4) is 5.75 Å². The Labute approximate surface area is 116 Å². The molecule has 1 aliphatic rings. The Kier molecular flexibility index (Phi) is 4.81. The van der Waals surface area contributed by atoms with Crippen LogP contribution in [0.5, 0.6) is 5.75 Å². The normalized spacial score (nSPS) is 17.7. The van der Waals surface area contributed by atoms with E-state index in [4.69, 9.17) is 4.74 Å². The van der Waals surface area contributed by atoms with E-state index < -0.39 is 0 Å². The molecule has 3 nitrogen and oxygen atoms in total. The van der Waals surface area contributed by atoms with E-state index in [1.54, 1.807) is 7.11 Å². The van der Waals surface area contributed by atoms with Crippen LogP contribution in [0.2, 0.25) is 0 Å². The smallest absolute Gasteiger partial charge is 0.128 e. The Morgan fingerprint density at radius 3 is 2.68 bits per heavy atom. The van der Waals surface area contributed by atoms with Gasteiger partial charge in [-0.05, 0) is 39.5 Å². The highest BCUT2D eigenvalue weighted by Crippen LogP contribution is 2.28. The summed E-state index contributed by atoms with van der Waals surface area (Å²) in [5.41, 5.74) is 3.37. The SMILES string of the molecule is COc1c(C)cnc(CNC(C)C2CCCC2)c1C. The maximum Gasteiger partial charge on any atom is 0.128 e. The van der Waals surface area contributed by atoms with E-state index in [0.717, 1.165) is 35.0 Å². The van der Waals surface area contributed by atoms with E-state index in [2.05, 4.69) is 24.1 Å². The molecule has 1 aromatic rings. The molecule has 0 saturated heterocycles. The fraction of sp³-hybridized carbons (Fsp3) is 0.688. The van der Waals surface area contributed by atoms with Gasteiger partial charge >= 0.3 is 0 Å². The fourth-order valence-electron chi connectivity index (χ4n) is 3.13. The highest BCUT2D eigenvalue weighted by Gasteiger charge is 2.21. The first-order valence-corrected chi connectivity index (χ1v) is 7.36. The predicted octanol–water partition coefficient (Wildman–Crippen LogP) is 3.38. The first-order valence-electron chi connectivity index (χ1n) is 7.36. The maximum absolute atomic E-state index is 5.46. The topological polar surface area (TPSA) is 34.1 Å². The second-order valence-corrected chi connectivity index (χ2v) is 5.76. The zero-order valence-corrected chi connectivity index (χ0v) is 12.6. The van der Waals surface area contributed by atoms with Gasteiger partial charge in [-0.15, -0.1) is 0 Å². The second-order valence-electron chi connectivity index (χ2n) is 5.76. The molecule has 3 heteroatoms. The maximum atomic E-state index is 5.46. The van der Waals surface area contributed by atoms with Gasteiger partial charge in [0.15, 0.2) is 0 Å². The monoisotopic (exact) mass is 262 g/mol. The average Bonchev–Trinajstić information content (AvgIpc) is 2.92. The summed E-state index contributed by atoms with van der Waals surface area (Å²) in [6, 6.07) is 0.580. The summed E-state index contributed by atoms with van der Waals surface area (Å²) in [4.78, 5) is 4.54. The summed E-state index contributed by atoms with van der Waals surface area (Å²) in [5, 5.41) is 3.63. The summed E-state index contributed by atoms with van der Waals surface area (Å²) in [5.74, 6) is 1.81. The molecule has 1 atom stereocenters. The van der Waals surface area contributed by atoms with Crippen molar-refractivity contribution in [1.82, 2.24) is 10.3 Å². The molecule has 1 heterocycles. The van der Waals surface area contributed by atoms with Crippen LogP contribution in [0.25, 0.3) is 0 Å². The van der Waals surface area contributed by atoms with Gasteiger partial charge in [0.05, 0.1) is 12.8 Å². The summed E-state index contributed by atoms with van der Waals surface area (Å²) in [6.45, 7) is 7.27. The lowest BCUT2D eigenvalue weighted by molar-refractivity contribution is 0.376. The molecule has 0 amide bonds. The lowest BCUT2D eigenvalue weighted by Crippen LogP contribution is -2.32. The highest BCUT2D eigenvalue weighted by atomic mass is 16.5. The number of aryl methyl sites for hydroxylation is 1. The molecule has 0 radical (unpaired) electrons. The Bertz CT molecular complexity index is 425. The molecular weight excluding hydrogens is 236 g/mol. The van der Waals surface area contributed by atoms with Gasteiger partial charge in [-0.1, -0.05) is 12.8 Å².